The monoisotopic (exact) mass is 161 g/mol. The van der Waals surface area contributed by atoms with Gasteiger partial charge >= 0.3 is 0 Å². The Bertz CT molecular complexity index is 429. The molecular weight excluding hydrogens is 150 g/mol. The summed E-state index contributed by atoms with van der Waals surface area (Å²) in [5, 5.41) is 0. The summed E-state index contributed by atoms with van der Waals surface area (Å²) in [5.41, 5.74) is 9.54. The second-order valence-electron chi connectivity index (χ2n) is 3.03. The molecule has 0 spiro atoms. The van der Waals surface area contributed by atoms with Gasteiger partial charge in [0.1, 0.15) is 0 Å². The predicted molar refractivity (Wildman–Crippen MR) is 49.1 cm³/mol. The number of aromatic nitrogens is 2. The van der Waals surface area contributed by atoms with E-state index in [1.807, 2.05) is 36.7 Å². The minimum Gasteiger partial charge on any atom is -0.395 e. The molecule has 0 saturated carbocycles. The molecule has 0 aromatic carbocycles. The van der Waals surface area contributed by atoms with Gasteiger partial charge in [0.25, 0.3) is 0 Å². The van der Waals surface area contributed by atoms with E-state index in [1.54, 1.807) is 0 Å². The van der Waals surface area contributed by atoms with Crippen LogP contribution in [0.25, 0.3) is 5.65 Å². The van der Waals surface area contributed by atoms with Gasteiger partial charge in [-0.05, 0) is 25.5 Å². The van der Waals surface area contributed by atoms with E-state index >= 15 is 0 Å². The molecule has 3 heteroatoms. The molecule has 12 heavy (non-hydrogen) atoms. The number of hydrogen-bond acceptors (Lipinski definition) is 2. The Morgan fingerprint density at radius 1 is 1.42 bits per heavy atom. The highest BCUT2D eigenvalue weighted by Gasteiger charge is 2.02. The van der Waals surface area contributed by atoms with Gasteiger partial charge in [-0.25, -0.2) is 4.98 Å². The lowest BCUT2D eigenvalue weighted by atomic mass is 10.2. The molecule has 2 aromatic rings. The van der Waals surface area contributed by atoms with Crippen LogP contribution in [0.2, 0.25) is 0 Å². The first-order valence-corrected chi connectivity index (χ1v) is 3.89. The number of nitrogens with zero attached hydrogens (tertiary/aromatic N) is 2. The zero-order chi connectivity index (χ0) is 8.72. The van der Waals surface area contributed by atoms with Crippen molar-refractivity contribution < 1.29 is 0 Å². The SMILES string of the molecule is Cc1cn2ccc(C)c(N)c2n1. The normalized spacial score (nSPS) is 10.8. The molecule has 0 saturated heterocycles. The Balaban J connectivity index is 2.89. The number of nitrogen functional groups attached to an aromatic ring is 1. The fourth-order valence-electron chi connectivity index (χ4n) is 1.29. The van der Waals surface area contributed by atoms with Crippen molar-refractivity contribution in [3.8, 4) is 0 Å². The molecule has 0 amide bonds. The number of rotatable bonds is 0. The van der Waals surface area contributed by atoms with Crippen molar-refractivity contribution in [2.45, 2.75) is 13.8 Å². The molecule has 0 aliphatic rings. The highest BCUT2D eigenvalue weighted by molar-refractivity contribution is 5.68. The molecule has 2 heterocycles. The van der Waals surface area contributed by atoms with Crippen LogP contribution < -0.4 is 5.73 Å². The molecule has 0 aliphatic heterocycles. The third-order valence-electron chi connectivity index (χ3n) is 2.00. The first kappa shape index (κ1) is 7.16. The summed E-state index contributed by atoms with van der Waals surface area (Å²) in [7, 11) is 0. The van der Waals surface area contributed by atoms with E-state index in [2.05, 4.69) is 4.98 Å². The van der Waals surface area contributed by atoms with E-state index in [9.17, 15) is 0 Å². The van der Waals surface area contributed by atoms with E-state index in [-0.39, 0.29) is 0 Å². The first-order chi connectivity index (χ1) is 5.68. The molecule has 2 rings (SSSR count). The topological polar surface area (TPSA) is 43.3 Å². The maximum atomic E-state index is 5.85. The van der Waals surface area contributed by atoms with E-state index in [1.165, 1.54) is 0 Å². The van der Waals surface area contributed by atoms with Crippen molar-refractivity contribution in [2.75, 3.05) is 5.73 Å². The summed E-state index contributed by atoms with van der Waals surface area (Å²) < 4.78 is 1.94. The van der Waals surface area contributed by atoms with Gasteiger partial charge in [-0.15, -0.1) is 0 Å². The molecule has 0 atom stereocenters. The molecule has 62 valence electrons. The van der Waals surface area contributed by atoms with Crippen LogP contribution in [0.5, 0.6) is 0 Å². The summed E-state index contributed by atoms with van der Waals surface area (Å²) in [6, 6.07) is 1.99. The van der Waals surface area contributed by atoms with Crippen LogP contribution in [0.15, 0.2) is 18.5 Å². The molecule has 2 aromatic heterocycles. The standard InChI is InChI=1S/C9H11N3/c1-6-3-4-12-5-7(2)11-9(12)8(6)10/h3-5H,10H2,1-2H3. The number of nitrogens with two attached hydrogens (primary N) is 1. The van der Waals surface area contributed by atoms with Crippen LogP contribution in [0.3, 0.4) is 0 Å². The van der Waals surface area contributed by atoms with Gasteiger partial charge in [0.2, 0.25) is 0 Å². The Morgan fingerprint density at radius 2 is 2.17 bits per heavy atom. The van der Waals surface area contributed by atoms with Crippen LogP contribution in [0.1, 0.15) is 11.3 Å². The maximum Gasteiger partial charge on any atom is 0.160 e. The van der Waals surface area contributed by atoms with Crippen LogP contribution in [-0.4, -0.2) is 9.38 Å². The average Bonchev–Trinajstić information content (AvgIpc) is 2.39. The Kier molecular flexibility index (Phi) is 1.33. The molecular formula is C9H11N3. The molecule has 0 radical (unpaired) electrons. The van der Waals surface area contributed by atoms with Gasteiger partial charge in [0.15, 0.2) is 5.65 Å². The lowest BCUT2D eigenvalue weighted by Crippen LogP contribution is -1.94. The van der Waals surface area contributed by atoms with Gasteiger partial charge in [-0.2, -0.15) is 0 Å². The fraction of sp³-hybridized carbons (Fsp3) is 0.222. The average molecular weight is 161 g/mol. The third kappa shape index (κ3) is 0.863. The van der Waals surface area contributed by atoms with E-state index in [4.69, 9.17) is 5.73 Å². The van der Waals surface area contributed by atoms with E-state index in [0.29, 0.717) is 0 Å². The van der Waals surface area contributed by atoms with Gasteiger partial charge in [-0.3, -0.25) is 0 Å². The van der Waals surface area contributed by atoms with E-state index in [0.717, 1.165) is 22.6 Å². The van der Waals surface area contributed by atoms with Gasteiger partial charge < -0.3 is 10.1 Å². The quantitative estimate of drug-likeness (QED) is 0.636. The maximum absolute atomic E-state index is 5.85. The summed E-state index contributed by atoms with van der Waals surface area (Å²) in [6.07, 6.45) is 3.94. The molecule has 0 aliphatic carbocycles. The van der Waals surface area contributed by atoms with Crippen LogP contribution in [0, 0.1) is 13.8 Å². The number of fused-ring (bicyclic) bond motifs is 1. The summed E-state index contributed by atoms with van der Waals surface area (Å²) in [6.45, 7) is 3.95. The largest absolute Gasteiger partial charge is 0.395 e. The third-order valence-corrected chi connectivity index (χ3v) is 2.00. The Hall–Kier alpha value is -1.51. The van der Waals surface area contributed by atoms with Crippen molar-refractivity contribution in [3.63, 3.8) is 0 Å². The zero-order valence-corrected chi connectivity index (χ0v) is 7.20. The minimum atomic E-state index is 0.769. The van der Waals surface area contributed by atoms with Crippen molar-refractivity contribution in [1.82, 2.24) is 9.38 Å². The Labute approximate surface area is 70.8 Å². The van der Waals surface area contributed by atoms with Gasteiger partial charge in [0, 0.05) is 12.4 Å². The molecule has 0 unspecified atom stereocenters. The first-order valence-electron chi connectivity index (χ1n) is 3.89. The van der Waals surface area contributed by atoms with Crippen LogP contribution in [0.4, 0.5) is 5.69 Å². The molecule has 0 fully saturated rings. The van der Waals surface area contributed by atoms with Crippen molar-refractivity contribution in [2.24, 2.45) is 0 Å². The van der Waals surface area contributed by atoms with Gasteiger partial charge in [0.05, 0.1) is 11.4 Å². The summed E-state index contributed by atoms with van der Waals surface area (Å²) in [4.78, 5) is 4.31. The number of aryl methyl sites for hydroxylation is 2. The van der Waals surface area contributed by atoms with Crippen LogP contribution in [-0.2, 0) is 0 Å². The van der Waals surface area contributed by atoms with Crippen molar-refractivity contribution >= 4 is 11.3 Å². The second-order valence-corrected chi connectivity index (χ2v) is 3.03. The highest BCUT2D eigenvalue weighted by Crippen LogP contribution is 2.16. The molecule has 0 bridgehead atoms. The minimum absolute atomic E-state index is 0.769. The van der Waals surface area contributed by atoms with Crippen LogP contribution >= 0.6 is 0 Å². The van der Waals surface area contributed by atoms with Crippen molar-refractivity contribution in [1.29, 1.82) is 0 Å². The summed E-state index contributed by atoms with van der Waals surface area (Å²) >= 11 is 0. The number of imidazole rings is 1. The lowest BCUT2D eigenvalue weighted by Gasteiger charge is -2.00. The number of hydrogen-bond donors (Lipinski definition) is 1. The highest BCUT2D eigenvalue weighted by atomic mass is 15.0. The molecule has 3 nitrogen and oxygen atoms in total. The Morgan fingerprint density at radius 3 is 2.92 bits per heavy atom. The second kappa shape index (κ2) is 2.24. The number of pyridine rings is 1. The van der Waals surface area contributed by atoms with E-state index < -0.39 is 0 Å². The van der Waals surface area contributed by atoms with Gasteiger partial charge in [-0.1, -0.05) is 0 Å². The smallest absolute Gasteiger partial charge is 0.160 e. The lowest BCUT2D eigenvalue weighted by molar-refractivity contribution is 1.17. The predicted octanol–water partition coefficient (Wildman–Crippen LogP) is 1.53. The summed E-state index contributed by atoms with van der Waals surface area (Å²) in [5.74, 6) is 0. The zero-order valence-electron chi connectivity index (χ0n) is 7.20. The van der Waals surface area contributed by atoms with Crippen molar-refractivity contribution in [3.05, 3.63) is 29.7 Å². The fourth-order valence-corrected chi connectivity index (χ4v) is 1.29. The number of anilines is 1. The molecule has 2 N–H and O–H groups in total.